The fourth-order valence-corrected chi connectivity index (χ4v) is 7.34. The predicted molar refractivity (Wildman–Crippen MR) is 137 cm³/mol. The molecule has 3 unspecified atom stereocenters. The summed E-state index contributed by atoms with van der Waals surface area (Å²) < 4.78 is 24.1. The lowest BCUT2D eigenvalue weighted by atomic mass is 10.0. The Balaban J connectivity index is 1.58. The first-order valence-corrected chi connectivity index (χ1v) is 13.7. The molecule has 1 aliphatic heterocycles. The third-order valence-corrected chi connectivity index (χ3v) is 9.55. The molecule has 3 atom stereocenters. The number of carbonyl (C=O) groups is 3. The van der Waals surface area contributed by atoms with E-state index in [1.807, 2.05) is 31.2 Å². The van der Waals surface area contributed by atoms with Gasteiger partial charge in [-0.3, -0.25) is 10.1 Å². The van der Waals surface area contributed by atoms with E-state index in [0.29, 0.717) is 0 Å². The van der Waals surface area contributed by atoms with Gasteiger partial charge in [0.25, 0.3) is 0 Å². The molecule has 1 saturated heterocycles. The Morgan fingerprint density at radius 1 is 1.06 bits per heavy atom. The average molecular weight is 535 g/mol. The smallest absolute Gasteiger partial charge is 0.328 e. The molecular weight excluding hydrogens is 504 g/mol. The summed E-state index contributed by atoms with van der Waals surface area (Å²) in [5.74, 6) is -2.01. The molecular formula is C24H30N4O6S2. The highest BCUT2D eigenvalue weighted by Crippen LogP contribution is 2.41. The lowest BCUT2D eigenvalue weighted by Gasteiger charge is -2.25. The summed E-state index contributed by atoms with van der Waals surface area (Å²) in [4.78, 5) is 37.0. The minimum Gasteiger partial charge on any atom is -0.480 e. The largest absolute Gasteiger partial charge is 0.480 e. The van der Waals surface area contributed by atoms with Gasteiger partial charge >= 0.3 is 12.0 Å². The first-order chi connectivity index (χ1) is 16.9. The van der Waals surface area contributed by atoms with E-state index in [9.17, 15) is 27.9 Å². The van der Waals surface area contributed by atoms with Crippen molar-refractivity contribution in [3.8, 4) is 0 Å². The lowest BCUT2D eigenvalue weighted by Crippen LogP contribution is -2.57. The van der Waals surface area contributed by atoms with Gasteiger partial charge in [0.15, 0.2) is 4.71 Å². The van der Waals surface area contributed by atoms with Gasteiger partial charge in [-0.15, -0.1) is 11.8 Å². The molecule has 3 rings (SSSR count). The summed E-state index contributed by atoms with van der Waals surface area (Å²) in [6.45, 7) is 5.27. The van der Waals surface area contributed by atoms with Gasteiger partial charge in [0.1, 0.15) is 12.1 Å². The molecule has 1 aliphatic rings. The van der Waals surface area contributed by atoms with Crippen molar-refractivity contribution in [2.45, 2.75) is 53.7 Å². The number of carboxylic acids is 1. The van der Waals surface area contributed by atoms with Crippen molar-refractivity contribution in [3.63, 3.8) is 0 Å². The summed E-state index contributed by atoms with van der Waals surface area (Å²) in [6.07, 6.45) is 0. The zero-order chi connectivity index (χ0) is 26.5. The Labute approximate surface area is 214 Å². The first-order valence-electron chi connectivity index (χ1n) is 11.2. The second-order valence-corrected chi connectivity index (χ2v) is 13.1. The van der Waals surface area contributed by atoms with E-state index in [-0.39, 0.29) is 18.0 Å². The molecule has 5 N–H and O–H groups in total. The average Bonchev–Trinajstić information content (AvgIpc) is 3.17. The van der Waals surface area contributed by atoms with Crippen LogP contribution in [0, 0.1) is 6.92 Å². The second kappa shape index (κ2) is 11.3. The Hall–Kier alpha value is -3.09. The normalized spacial score (nSPS) is 19.8. The number of sulfone groups is 1. The van der Waals surface area contributed by atoms with Crippen molar-refractivity contribution in [1.29, 1.82) is 0 Å². The number of aliphatic carboxylic acids is 1. The number of nitrogens with one attached hydrogen (secondary N) is 4. The van der Waals surface area contributed by atoms with Crippen LogP contribution in [0.2, 0.25) is 0 Å². The molecule has 0 aromatic heterocycles. The van der Waals surface area contributed by atoms with Crippen LogP contribution < -0.4 is 21.3 Å². The standard InChI is InChI=1S/C24H30N4O6S2/c1-15-9-11-16(12-10-15)13-25-22(32)26-14-18(21(30)31)27-20(29)19-24(2,3)35-23(28-19)36(33,34)17-7-5-4-6-8-17/h4-12,18-19,23,28H,13-14H2,1-3H3,(H,27,29)(H,30,31)(H2,25,26,32). The topological polar surface area (TPSA) is 154 Å². The SMILES string of the molecule is Cc1ccc(CNC(=O)NCC(NC(=O)C2NC(S(=O)(=O)c3ccccc3)SC2(C)C)C(=O)O)cc1. The zero-order valence-corrected chi connectivity index (χ0v) is 21.8. The summed E-state index contributed by atoms with van der Waals surface area (Å²) in [5.41, 5.74) is 1.97. The molecule has 36 heavy (non-hydrogen) atoms. The van der Waals surface area contributed by atoms with Crippen molar-refractivity contribution in [1.82, 2.24) is 21.3 Å². The number of rotatable bonds is 9. The van der Waals surface area contributed by atoms with E-state index in [1.54, 1.807) is 32.0 Å². The highest BCUT2D eigenvalue weighted by atomic mass is 32.3. The molecule has 2 aromatic carbocycles. The summed E-state index contributed by atoms with van der Waals surface area (Å²) >= 11 is 1.08. The molecule has 1 heterocycles. The zero-order valence-electron chi connectivity index (χ0n) is 20.1. The van der Waals surface area contributed by atoms with Gasteiger partial charge in [-0.25, -0.2) is 18.0 Å². The van der Waals surface area contributed by atoms with Gasteiger partial charge in [0, 0.05) is 11.3 Å². The number of thioether (sulfide) groups is 1. The van der Waals surface area contributed by atoms with Crippen molar-refractivity contribution in [2.24, 2.45) is 0 Å². The van der Waals surface area contributed by atoms with E-state index >= 15 is 0 Å². The first kappa shape index (κ1) is 27.5. The van der Waals surface area contributed by atoms with Crippen LogP contribution >= 0.6 is 11.8 Å². The summed E-state index contributed by atoms with van der Waals surface area (Å²) in [7, 11) is -3.78. The van der Waals surface area contributed by atoms with Crippen molar-refractivity contribution >= 4 is 39.5 Å². The maximum absolute atomic E-state index is 13.0. The summed E-state index contributed by atoms with van der Waals surface area (Å²) in [6, 6.07) is 12.5. The monoisotopic (exact) mass is 534 g/mol. The van der Waals surface area contributed by atoms with Gasteiger partial charge in [0.05, 0.1) is 11.4 Å². The number of amides is 3. The lowest BCUT2D eigenvalue weighted by molar-refractivity contribution is -0.142. The minimum absolute atomic E-state index is 0.121. The maximum atomic E-state index is 13.0. The van der Waals surface area contributed by atoms with Crippen molar-refractivity contribution in [3.05, 3.63) is 65.7 Å². The minimum atomic E-state index is -3.78. The van der Waals surface area contributed by atoms with Crippen LogP contribution in [0.25, 0.3) is 0 Å². The van der Waals surface area contributed by atoms with Crippen LogP contribution in [-0.2, 0) is 26.0 Å². The number of benzene rings is 2. The highest BCUT2D eigenvalue weighted by molar-refractivity contribution is 8.14. The van der Waals surface area contributed by atoms with Gasteiger partial charge in [-0.05, 0) is 38.5 Å². The highest BCUT2D eigenvalue weighted by Gasteiger charge is 2.50. The number of urea groups is 1. The van der Waals surface area contributed by atoms with Gasteiger partial charge < -0.3 is 21.1 Å². The third-order valence-electron chi connectivity index (χ3n) is 5.68. The van der Waals surface area contributed by atoms with Crippen molar-refractivity contribution < 1.29 is 27.9 Å². The molecule has 10 nitrogen and oxygen atoms in total. The molecule has 0 saturated carbocycles. The van der Waals surface area contributed by atoms with E-state index in [4.69, 9.17) is 0 Å². The van der Waals surface area contributed by atoms with Crippen LogP contribution in [0.3, 0.4) is 0 Å². The third kappa shape index (κ3) is 6.77. The van der Waals surface area contributed by atoms with Gasteiger partial charge in [-0.1, -0.05) is 48.0 Å². The van der Waals surface area contributed by atoms with Crippen LogP contribution in [-0.4, -0.2) is 59.5 Å². The number of hydrogen-bond acceptors (Lipinski definition) is 7. The number of aryl methyl sites for hydroxylation is 1. The van der Waals surface area contributed by atoms with Gasteiger partial charge in [0.2, 0.25) is 15.7 Å². The van der Waals surface area contributed by atoms with Crippen LogP contribution in [0.4, 0.5) is 4.79 Å². The molecule has 1 fully saturated rings. The second-order valence-electron chi connectivity index (χ2n) is 8.96. The van der Waals surface area contributed by atoms with Gasteiger partial charge in [-0.2, -0.15) is 0 Å². The van der Waals surface area contributed by atoms with Crippen LogP contribution in [0.1, 0.15) is 25.0 Å². The summed E-state index contributed by atoms with van der Waals surface area (Å²) in [5, 5.41) is 19.9. The Morgan fingerprint density at radius 3 is 2.31 bits per heavy atom. The molecule has 0 aliphatic carbocycles. The fourth-order valence-electron chi connectivity index (χ4n) is 3.59. The number of carboxylic acid groups (broad SMARTS) is 1. The quantitative estimate of drug-likeness (QED) is 0.325. The molecule has 0 radical (unpaired) electrons. The van der Waals surface area contributed by atoms with E-state index < -0.39 is 49.3 Å². The maximum Gasteiger partial charge on any atom is 0.328 e. The number of carbonyl (C=O) groups excluding carboxylic acids is 2. The Morgan fingerprint density at radius 2 is 1.69 bits per heavy atom. The Bertz CT molecular complexity index is 1200. The van der Waals surface area contributed by atoms with E-state index in [0.717, 1.165) is 22.9 Å². The molecule has 194 valence electrons. The molecule has 2 aromatic rings. The molecule has 0 bridgehead atoms. The van der Waals surface area contributed by atoms with Crippen LogP contribution in [0.5, 0.6) is 0 Å². The molecule has 3 amide bonds. The van der Waals surface area contributed by atoms with Crippen molar-refractivity contribution in [2.75, 3.05) is 6.54 Å². The van der Waals surface area contributed by atoms with E-state index in [1.165, 1.54) is 12.1 Å². The molecule has 0 spiro atoms. The van der Waals surface area contributed by atoms with E-state index in [2.05, 4.69) is 21.3 Å². The number of hydrogen-bond donors (Lipinski definition) is 5. The van der Waals surface area contributed by atoms with Crippen LogP contribution in [0.15, 0.2) is 59.5 Å². The Kier molecular flexibility index (Phi) is 8.64. The molecule has 12 heteroatoms. The predicted octanol–water partition coefficient (Wildman–Crippen LogP) is 1.60. The fraction of sp³-hybridized carbons (Fsp3) is 0.375.